The summed E-state index contributed by atoms with van der Waals surface area (Å²) in [7, 11) is 2.95. The average Bonchev–Trinajstić information content (AvgIpc) is 2.56. The van der Waals surface area contributed by atoms with E-state index in [0.29, 0.717) is 16.8 Å². The minimum Gasteiger partial charge on any atom is -0.496 e. The van der Waals surface area contributed by atoms with Gasteiger partial charge in [0.2, 0.25) is 5.91 Å². The molecular weight excluding hydrogens is 306 g/mol. The summed E-state index contributed by atoms with van der Waals surface area (Å²) < 4.78 is 9.96. The van der Waals surface area contributed by atoms with Gasteiger partial charge in [0.15, 0.2) is 0 Å². The van der Waals surface area contributed by atoms with Gasteiger partial charge < -0.3 is 14.8 Å². The lowest BCUT2D eigenvalue weighted by Gasteiger charge is -2.12. The molecule has 0 spiro atoms. The van der Waals surface area contributed by atoms with Gasteiger partial charge in [0.05, 0.1) is 26.2 Å². The summed E-state index contributed by atoms with van der Waals surface area (Å²) in [6, 6.07) is 10.8. The van der Waals surface area contributed by atoms with E-state index >= 15 is 0 Å². The third-order valence-electron chi connectivity index (χ3n) is 3.84. The van der Waals surface area contributed by atoms with Crippen molar-refractivity contribution in [3.63, 3.8) is 0 Å². The average molecular weight is 327 g/mol. The normalized spacial score (nSPS) is 10.2. The van der Waals surface area contributed by atoms with Crippen molar-refractivity contribution in [2.24, 2.45) is 0 Å². The molecule has 2 aromatic rings. The zero-order chi connectivity index (χ0) is 17.7. The first-order valence-electron chi connectivity index (χ1n) is 7.57. The van der Waals surface area contributed by atoms with Crippen LogP contribution in [0, 0.1) is 13.8 Å². The zero-order valence-corrected chi connectivity index (χ0v) is 14.3. The summed E-state index contributed by atoms with van der Waals surface area (Å²) in [6.07, 6.45) is 0.243. The molecule has 5 heteroatoms. The molecule has 0 aliphatic carbocycles. The molecule has 24 heavy (non-hydrogen) atoms. The molecule has 0 bridgehead atoms. The van der Waals surface area contributed by atoms with Crippen LogP contribution in [0.2, 0.25) is 0 Å². The van der Waals surface area contributed by atoms with E-state index in [1.807, 2.05) is 25.1 Å². The van der Waals surface area contributed by atoms with E-state index in [-0.39, 0.29) is 12.3 Å². The lowest BCUT2D eigenvalue weighted by Crippen LogP contribution is -2.16. The number of hydrogen-bond donors (Lipinski definition) is 1. The molecule has 0 radical (unpaired) electrons. The fraction of sp³-hybridized carbons (Fsp3) is 0.263. The number of aryl methyl sites for hydroxylation is 1. The molecule has 0 saturated carbocycles. The monoisotopic (exact) mass is 327 g/mol. The highest BCUT2D eigenvalue weighted by Gasteiger charge is 2.13. The molecule has 0 fully saturated rings. The second-order valence-electron chi connectivity index (χ2n) is 5.50. The maximum atomic E-state index is 12.3. The number of carbonyl (C=O) groups excluding carboxylic acids is 2. The quantitative estimate of drug-likeness (QED) is 0.856. The molecule has 0 atom stereocenters. The number of ether oxygens (including phenoxy) is 2. The van der Waals surface area contributed by atoms with Crippen LogP contribution in [0.15, 0.2) is 36.4 Å². The molecule has 0 heterocycles. The molecule has 0 aliphatic rings. The topological polar surface area (TPSA) is 64.6 Å². The van der Waals surface area contributed by atoms with Crippen molar-refractivity contribution >= 4 is 17.6 Å². The summed E-state index contributed by atoms with van der Waals surface area (Å²) in [4.78, 5) is 24.0. The Balaban J connectivity index is 2.13. The SMILES string of the molecule is COC(=O)c1cccc(NC(=O)Cc2ccc(OC)c(C)c2)c1C. The second-order valence-corrected chi connectivity index (χ2v) is 5.50. The van der Waals surface area contributed by atoms with Crippen LogP contribution >= 0.6 is 0 Å². The van der Waals surface area contributed by atoms with Crippen molar-refractivity contribution < 1.29 is 19.1 Å². The van der Waals surface area contributed by atoms with E-state index in [4.69, 9.17) is 9.47 Å². The zero-order valence-electron chi connectivity index (χ0n) is 14.3. The molecule has 0 unspecified atom stereocenters. The molecule has 0 saturated heterocycles. The molecule has 1 N–H and O–H groups in total. The summed E-state index contributed by atoms with van der Waals surface area (Å²) in [5.74, 6) is 0.222. The largest absolute Gasteiger partial charge is 0.496 e. The van der Waals surface area contributed by atoms with E-state index in [1.165, 1.54) is 7.11 Å². The Hall–Kier alpha value is -2.82. The van der Waals surface area contributed by atoms with Gasteiger partial charge >= 0.3 is 5.97 Å². The van der Waals surface area contributed by atoms with Gasteiger partial charge in [0, 0.05) is 5.69 Å². The second kappa shape index (κ2) is 7.64. The maximum Gasteiger partial charge on any atom is 0.338 e. The Kier molecular flexibility index (Phi) is 5.58. The molecule has 0 aromatic heterocycles. The first kappa shape index (κ1) is 17.5. The number of amides is 1. The number of rotatable bonds is 5. The number of hydrogen-bond acceptors (Lipinski definition) is 4. The number of methoxy groups -OCH3 is 2. The highest BCUT2D eigenvalue weighted by atomic mass is 16.5. The van der Waals surface area contributed by atoms with Crippen molar-refractivity contribution in [1.82, 2.24) is 0 Å². The van der Waals surface area contributed by atoms with E-state index in [1.54, 1.807) is 32.2 Å². The molecule has 5 nitrogen and oxygen atoms in total. The Bertz CT molecular complexity index is 768. The van der Waals surface area contributed by atoms with Gasteiger partial charge in [-0.15, -0.1) is 0 Å². The number of anilines is 1. The Labute approximate surface area is 141 Å². The maximum absolute atomic E-state index is 12.3. The van der Waals surface area contributed by atoms with Crippen LogP contribution in [0.5, 0.6) is 5.75 Å². The standard InChI is InChI=1S/C19H21NO4/c1-12-10-14(8-9-17(12)23-3)11-18(21)20-16-7-5-6-15(13(16)2)19(22)24-4/h5-10H,11H2,1-4H3,(H,20,21). The van der Waals surface area contributed by atoms with Crippen LogP contribution in [0.3, 0.4) is 0 Å². The molecule has 0 aliphatic heterocycles. The first-order valence-corrected chi connectivity index (χ1v) is 7.57. The van der Waals surface area contributed by atoms with Crippen LogP contribution in [-0.2, 0) is 16.0 Å². The summed E-state index contributed by atoms with van der Waals surface area (Å²) >= 11 is 0. The minimum absolute atomic E-state index is 0.148. The van der Waals surface area contributed by atoms with Crippen molar-refractivity contribution in [3.8, 4) is 5.75 Å². The van der Waals surface area contributed by atoms with E-state index in [2.05, 4.69) is 5.32 Å². The van der Waals surface area contributed by atoms with Crippen molar-refractivity contribution in [2.45, 2.75) is 20.3 Å². The van der Waals surface area contributed by atoms with E-state index in [0.717, 1.165) is 16.9 Å². The van der Waals surface area contributed by atoms with Gasteiger partial charge in [-0.2, -0.15) is 0 Å². The van der Waals surface area contributed by atoms with Crippen LogP contribution < -0.4 is 10.1 Å². The predicted octanol–water partition coefficient (Wildman–Crippen LogP) is 3.28. The molecule has 2 rings (SSSR count). The van der Waals surface area contributed by atoms with Crippen molar-refractivity contribution in [1.29, 1.82) is 0 Å². The highest BCUT2D eigenvalue weighted by Crippen LogP contribution is 2.21. The minimum atomic E-state index is -0.422. The van der Waals surface area contributed by atoms with E-state index < -0.39 is 5.97 Å². The van der Waals surface area contributed by atoms with Crippen molar-refractivity contribution in [3.05, 3.63) is 58.7 Å². The van der Waals surface area contributed by atoms with Gasteiger partial charge in [-0.1, -0.05) is 18.2 Å². The predicted molar refractivity (Wildman–Crippen MR) is 92.6 cm³/mol. The number of esters is 1. The lowest BCUT2D eigenvalue weighted by molar-refractivity contribution is -0.115. The van der Waals surface area contributed by atoms with Crippen LogP contribution in [0.25, 0.3) is 0 Å². The van der Waals surface area contributed by atoms with Crippen LogP contribution in [0.4, 0.5) is 5.69 Å². The smallest absolute Gasteiger partial charge is 0.338 e. The van der Waals surface area contributed by atoms with Crippen molar-refractivity contribution in [2.75, 3.05) is 19.5 Å². The van der Waals surface area contributed by atoms with Crippen LogP contribution in [-0.4, -0.2) is 26.1 Å². The summed E-state index contributed by atoms with van der Waals surface area (Å²) in [6.45, 7) is 3.71. The van der Waals surface area contributed by atoms with Gasteiger partial charge in [-0.05, 0) is 48.7 Å². The van der Waals surface area contributed by atoms with Crippen LogP contribution in [0.1, 0.15) is 27.0 Å². The number of benzene rings is 2. The molecule has 2 aromatic carbocycles. The summed E-state index contributed by atoms with van der Waals surface area (Å²) in [5.41, 5.74) is 3.60. The van der Waals surface area contributed by atoms with Gasteiger partial charge in [-0.3, -0.25) is 4.79 Å². The third-order valence-corrected chi connectivity index (χ3v) is 3.84. The first-order chi connectivity index (χ1) is 11.5. The summed E-state index contributed by atoms with van der Waals surface area (Å²) in [5, 5.41) is 2.85. The number of nitrogens with one attached hydrogen (secondary N) is 1. The third kappa shape index (κ3) is 3.93. The Morgan fingerprint density at radius 2 is 1.83 bits per heavy atom. The van der Waals surface area contributed by atoms with Gasteiger partial charge in [-0.25, -0.2) is 4.79 Å². The highest BCUT2D eigenvalue weighted by molar-refractivity contribution is 5.97. The lowest BCUT2D eigenvalue weighted by atomic mass is 10.1. The fourth-order valence-corrected chi connectivity index (χ4v) is 2.53. The van der Waals surface area contributed by atoms with E-state index in [9.17, 15) is 9.59 Å². The molecule has 1 amide bonds. The Morgan fingerprint density at radius 3 is 2.46 bits per heavy atom. The van der Waals surface area contributed by atoms with Gasteiger partial charge in [0.1, 0.15) is 5.75 Å². The molecular formula is C19H21NO4. The van der Waals surface area contributed by atoms with Gasteiger partial charge in [0.25, 0.3) is 0 Å². The fourth-order valence-electron chi connectivity index (χ4n) is 2.53. The molecule has 126 valence electrons. The number of carbonyl (C=O) groups is 2. The Morgan fingerprint density at radius 1 is 1.08 bits per heavy atom.